The van der Waals surface area contributed by atoms with E-state index in [9.17, 15) is 4.79 Å². The predicted octanol–water partition coefficient (Wildman–Crippen LogP) is 8.89. The van der Waals surface area contributed by atoms with E-state index in [4.69, 9.17) is 0 Å². The molecular formula is C30H49NOSi2. The third-order valence-corrected chi connectivity index (χ3v) is 22.1. The van der Waals surface area contributed by atoms with Gasteiger partial charge in [0.25, 0.3) is 5.91 Å². The number of nitrogens with one attached hydrogen (secondary N) is 1. The molecule has 1 aliphatic heterocycles. The average molecular weight is 496 g/mol. The second-order valence-electron chi connectivity index (χ2n) is 12.2. The molecule has 0 fully saturated rings. The number of carbonyl (C=O) groups excluding carboxylic acids is 1. The monoisotopic (exact) mass is 495 g/mol. The normalized spacial score (nSPS) is 16.0. The Morgan fingerprint density at radius 2 is 1.24 bits per heavy atom. The average Bonchev–Trinajstić information content (AvgIpc) is 3.03. The highest BCUT2D eigenvalue weighted by molar-refractivity contribution is 6.93. The fraction of sp³-hybridized carbons (Fsp3) is 0.633. The van der Waals surface area contributed by atoms with Gasteiger partial charge in [-0.2, -0.15) is 0 Å². The van der Waals surface area contributed by atoms with Crippen molar-refractivity contribution < 1.29 is 4.79 Å². The van der Waals surface area contributed by atoms with E-state index >= 15 is 0 Å². The Kier molecular flexibility index (Phi) is 8.92. The molecule has 0 radical (unpaired) electrons. The molecule has 34 heavy (non-hydrogen) atoms. The number of aryl methyl sites for hydroxylation is 1. The molecule has 1 aromatic rings. The van der Waals surface area contributed by atoms with Crippen molar-refractivity contribution in [1.29, 1.82) is 0 Å². The number of fused-ring (bicyclic) bond motifs is 1. The van der Waals surface area contributed by atoms with Crippen LogP contribution in [0.3, 0.4) is 0 Å². The molecule has 0 aromatic heterocycles. The van der Waals surface area contributed by atoms with E-state index in [0.717, 1.165) is 22.4 Å². The number of carbonyl (C=O) groups is 1. The van der Waals surface area contributed by atoms with Gasteiger partial charge in [0.05, 0.1) is 11.3 Å². The number of hydrogen-bond acceptors (Lipinski definition) is 1. The maximum Gasteiger partial charge on any atom is 0.256 e. The van der Waals surface area contributed by atoms with Gasteiger partial charge in [-0.3, -0.25) is 4.79 Å². The van der Waals surface area contributed by atoms with Gasteiger partial charge < -0.3 is 5.32 Å². The Labute approximate surface area is 212 Å². The molecule has 1 amide bonds. The topological polar surface area (TPSA) is 29.1 Å². The van der Waals surface area contributed by atoms with Crippen LogP contribution in [0.5, 0.6) is 0 Å². The van der Waals surface area contributed by atoms with Crippen LogP contribution in [-0.2, 0) is 0 Å². The lowest BCUT2D eigenvalue weighted by atomic mass is 10.0. The summed E-state index contributed by atoms with van der Waals surface area (Å²) in [7, 11) is -4.06. The van der Waals surface area contributed by atoms with E-state index in [1.807, 2.05) is 13.0 Å². The van der Waals surface area contributed by atoms with Gasteiger partial charge in [0, 0.05) is 10.8 Å². The Balaban J connectivity index is 3.08. The summed E-state index contributed by atoms with van der Waals surface area (Å²) in [5.41, 5.74) is 11.3. The maximum atomic E-state index is 13.2. The third kappa shape index (κ3) is 4.51. The predicted molar refractivity (Wildman–Crippen MR) is 155 cm³/mol. The molecule has 1 heterocycles. The van der Waals surface area contributed by atoms with Gasteiger partial charge in [-0.25, -0.2) is 0 Å². The van der Waals surface area contributed by atoms with Gasteiger partial charge >= 0.3 is 0 Å². The van der Waals surface area contributed by atoms with Crippen LogP contribution in [0, 0.1) is 18.4 Å². The summed E-state index contributed by atoms with van der Waals surface area (Å²) >= 11 is 0. The molecule has 0 spiro atoms. The molecule has 0 saturated heterocycles. The van der Waals surface area contributed by atoms with Crippen molar-refractivity contribution in [3.8, 4) is 11.5 Å². The molecule has 2 nitrogen and oxygen atoms in total. The van der Waals surface area contributed by atoms with Crippen molar-refractivity contribution >= 4 is 27.8 Å². The summed E-state index contributed by atoms with van der Waals surface area (Å²) in [5.74, 6) is 3.98. The van der Waals surface area contributed by atoms with Crippen LogP contribution in [-0.4, -0.2) is 22.1 Å². The van der Waals surface area contributed by atoms with Gasteiger partial charge in [-0.1, -0.05) is 107 Å². The summed E-state index contributed by atoms with van der Waals surface area (Å²) in [6, 6.07) is 6.24. The summed E-state index contributed by atoms with van der Waals surface area (Å²) < 4.78 is 0. The molecule has 1 N–H and O–H groups in total. The highest BCUT2D eigenvalue weighted by Gasteiger charge is 2.49. The van der Waals surface area contributed by atoms with Gasteiger partial charge in [-0.15, -0.1) is 5.54 Å². The van der Waals surface area contributed by atoms with Crippen LogP contribution >= 0.6 is 0 Å². The number of amides is 1. The largest absolute Gasteiger partial charge is 0.321 e. The minimum absolute atomic E-state index is 0.0293. The molecule has 0 unspecified atom stereocenters. The van der Waals surface area contributed by atoms with Gasteiger partial charge in [0.2, 0.25) is 0 Å². The summed E-state index contributed by atoms with van der Waals surface area (Å²) in [5, 5.41) is 4.62. The number of allylic oxidation sites excluding steroid dienone is 1. The minimum Gasteiger partial charge on any atom is -0.321 e. The van der Waals surface area contributed by atoms with E-state index < -0.39 is 16.1 Å². The first kappa shape index (κ1) is 28.7. The lowest BCUT2D eigenvalue weighted by Crippen LogP contribution is -2.48. The Hall–Kier alpha value is -1.58. The lowest BCUT2D eigenvalue weighted by Gasteiger charge is -2.44. The standard InChI is InChI=1S/C30H49NOSi2/c1-19(2)33(20(3)4,21(5)6)18-17-27(34(22(7)8,23(9)10)24(11)12)29-26-16-14-15-25(13)28(26)30(32)31-29/h14-16,19-24H,1-13H3,(H,31,32)/b29-27-. The molecule has 188 valence electrons. The van der Waals surface area contributed by atoms with Crippen LogP contribution in [0.1, 0.15) is 105 Å². The Morgan fingerprint density at radius 1 is 0.765 bits per heavy atom. The lowest BCUT2D eigenvalue weighted by molar-refractivity contribution is 0.0980. The first-order chi connectivity index (χ1) is 15.7. The highest BCUT2D eigenvalue weighted by Crippen LogP contribution is 2.49. The minimum atomic E-state index is -2.13. The Morgan fingerprint density at radius 3 is 1.65 bits per heavy atom. The second-order valence-corrected chi connectivity index (χ2v) is 23.7. The third-order valence-electron chi connectivity index (χ3n) is 8.83. The summed E-state index contributed by atoms with van der Waals surface area (Å²) in [4.78, 5) is 13.2. The van der Waals surface area contributed by atoms with Gasteiger partial charge in [0.1, 0.15) is 16.1 Å². The van der Waals surface area contributed by atoms with E-state index in [0.29, 0.717) is 33.2 Å². The zero-order valence-corrected chi connectivity index (χ0v) is 26.1. The van der Waals surface area contributed by atoms with E-state index in [1.54, 1.807) is 0 Å². The zero-order chi connectivity index (χ0) is 26.2. The summed E-state index contributed by atoms with van der Waals surface area (Å²) in [6.07, 6.45) is 0. The first-order valence-corrected chi connectivity index (χ1v) is 17.8. The molecule has 4 heteroatoms. The molecule has 0 atom stereocenters. The Bertz CT molecular complexity index is 959. The zero-order valence-electron chi connectivity index (χ0n) is 24.1. The molecule has 1 aromatic carbocycles. The van der Waals surface area contributed by atoms with Gasteiger partial charge in [0.15, 0.2) is 0 Å². The number of rotatable bonds is 7. The summed E-state index contributed by atoms with van der Waals surface area (Å²) in [6.45, 7) is 30.6. The maximum absolute atomic E-state index is 13.2. The van der Waals surface area contributed by atoms with E-state index in [2.05, 4.69) is 112 Å². The van der Waals surface area contributed by atoms with Crippen LogP contribution in [0.2, 0.25) is 33.2 Å². The second kappa shape index (κ2) is 10.6. The molecule has 0 bridgehead atoms. The van der Waals surface area contributed by atoms with Crippen molar-refractivity contribution in [2.45, 2.75) is 123 Å². The fourth-order valence-corrected chi connectivity index (χ4v) is 19.4. The van der Waals surface area contributed by atoms with Crippen LogP contribution in [0.4, 0.5) is 0 Å². The van der Waals surface area contributed by atoms with Crippen molar-refractivity contribution in [3.63, 3.8) is 0 Å². The molecule has 2 rings (SSSR count). The molecule has 1 aliphatic rings. The smallest absolute Gasteiger partial charge is 0.256 e. The SMILES string of the molecule is Cc1cccc2c1C(=O)N/C2=C(/C#C[Si](C(C)C)(C(C)C)C(C)C)[Si](C(C)C)(C(C)C)C(C)C. The number of benzene rings is 1. The fourth-order valence-electron chi connectivity index (χ4n) is 7.48. The van der Waals surface area contributed by atoms with Gasteiger partial charge in [-0.05, 0) is 45.7 Å². The quantitative estimate of drug-likeness (QED) is 0.297. The number of hydrogen-bond donors (Lipinski definition) is 1. The van der Waals surface area contributed by atoms with Crippen LogP contribution < -0.4 is 5.32 Å². The van der Waals surface area contributed by atoms with E-state index in [-0.39, 0.29) is 5.91 Å². The molecule has 0 saturated carbocycles. The van der Waals surface area contributed by atoms with Crippen molar-refractivity contribution in [2.75, 3.05) is 0 Å². The highest BCUT2D eigenvalue weighted by atomic mass is 28.3. The molecular weight excluding hydrogens is 447 g/mol. The van der Waals surface area contributed by atoms with Crippen molar-refractivity contribution in [3.05, 3.63) is 40.1 Å². The van der Waals surface area contributed by atoms with Crippen LogP contribution in [0.15, 0.2) is 23.4 Å². The molecule has 0 aliphatic carbocycles. The van der Waals surface area contributed by atoms with Crippen molar-refractivity contribution in [2.24, 2.45) is 0 Å². The van der Waals surface area contributed by atoms with Crippen molar-refractivity contribution in [1.82, 2.24) is 5.32 Å². The first-order valence-electron chi connectivity index (χ1n) is 13.4. The van der Waals surface area contributed by atoms with Crippen LogP contribution in [0.25, 0.3) is 5.70 Å². The van der Waals surface area contributed by atoms with E-state index in [1.165, 1.54) is 5.20 Å².